The summed E-state index contributed by atoms with van der Waals surface area (Å²) in [6.45, 7) is 6.09. The number of hydrogen-bond donors (Lipinski definition) is 2. The molecule has 0 aliphatic heterocycles. The van der Waals surface area contributed by atoms with Gasteiger partial charge in [-0.25, -0.2) is 4.98 Å². The van der Waals surface area contributed by atoms with Crippen LogP contribution in [-0.4, -0.2) is 30.6 Å². The Bertz CT molecular complexity index is 644. The van der Waals surface area contributed by atoms with E-state index in [0.29, 0.717) is 31.1 Å². The molecule has 2 rings (SSSR count). The summed E-state index contributed by atoms with van der Waals surface area (Å²) in [5.41, 5.74) is 7.13. The van der Waals surface area contributed by atoms with E-state index in [-0.39, 0.29) is 18.3 Å². The molecule has 0 spiro atoms. The molecule has 138 valence electrons. The Morgan fingerprint density at radius 2 is 2.00 bits per heavy atom. The Hall–Kier alpha value is -1.63. The van der Waals surface area contributed by atoms with Crippen molar-refractivity contribution in [2.24, 2.45) is 11.7 Å². The number of benzene rings is 1. The maximum atomic E-state index is 12.0. The van der Waals surface area contributed by atoms with Gasteiger partial charge in [0.2, 0.25) is 0 Å². The van der Waals surface area contributed by atoms with Crippen molar-refractivity contribution in [3.63, 3.8) is 0 Å². The first-order chi connectivity index (χ1) is 11.6. The number of rotatable bonds is 9. The molecule has 0 saturated carbocycles. The minimum Gasteiger partial charge on any atom is -0.493 e. The Balaban J connectivity index is 0.00000312. The Morgan fingerprint density at radius 1 is 1.28 bits per heavy atom. The van der Waals surface area contributed by atoms with Crippen LogP contribution in [0.25, 0.3) is 0 Å². The van der Waals surface area contributed by atoms with E-state index in [1.54, 1.807) is 5.38 Å². The van der Waals surface area contributed by atoms with Gasteiger partial charge in [0, 0.05) is 18.3 Å². The van der Waals surface area contributed by atoms with Gasteiger partial charge >= 0.3 is 0 Å². The zero-order valence-electron chi connectivity index (χ0n) is 14.7. The van der Waals surface area contributed by atoms with E-state index >= 15 is 0 Å². The van der Waals surface area contributed by atoms with Gasteiger partial charge in [0.15, 0.2) is 0 Å². The largest absolute Gasteiger partial charge is 0.493 e. The summed E-state index contributed by atoms with van der Waals surface area (Å²) in [4.78, 5) is 16.3. The monoisotopic (exact) mass is 383 g/mol. The van der Waals surface area contributed by atoms with Crippen molar-refractivity contribution >= 4 is 29.7 Å². The summed E-state index contributed by atoms with van der Waals surface area (Å²) in [6, 6.07) is 8.01. The van der Waals surface area contributed by atoms with Crippen LogP contribution in [0.15, 0.2) is 29.6 Å². The van der Waals surface area contributed by atoms with Gasteiger partial charge in [-0.05, 0) is 36.6 Å². The van der Waals surface area contributed by atoms with E-state index in [1.165, 1.54) is 11.3 Å². The predicted molar refractivity (Wildman–Crippen MR) is 105 cm³/mol. The molecule has 3 N–H and O–H groups in total. The highest BCUT2D eigenvalue weighted by molar-refractivity contribution is 7.09. The Labute approximate surface area is 159 Å². The number of thiazole rings is 1. The number of nitrogens with zero attached hydrogens (tertiary/aromatic N) is 1. The van der Waals surface area contributed by atoms with E-state index in [2.05, 4.69) is 24.1 Å². The van der Waals surface area contributed by atoms with E-state index < -0.39 is 0 Å². The molecule has 2 aromatic rings. The van der Waals surface area contributed by atoms with E-state index in [1.807, 2.05) is 24.3 Å². The molecule has 1 aromatic carbocycles. The SMILES string of the molecule is CC(C)COc1ccc(CCNC(=O)c2csc(CCN)n2)cc1.Cl. The molecule has 5 nitrogen and oxygen atoms in total. The van der Waals surface area contributed by atoms with Crippen LogP contribution in [0.1, 0.15) is 34.9 Å². The second kappa shape index (κ2) is 11.1. The molecule has 0 bridgehead atoms. The van der Waals surface area contributed by atoms with Crippen LogP contribution < -0.4 is 15.8 Å². The number of aromatic nitrogens is 1. The van der Waals surface area contributed by atoms with Gasteiger partial charge in [0.1, 0.15) is 11.4 Å². The lowest BCUT2D eigenvalue weighted by Crippen LogP contribution is -2.26. The average Bonchev–Trinajstić information content (AvgIpc) is 3.03. The van der Waals surface area contributed by atoms with Gasteiger partial charge in [0.05, 0.1) is 11.6 Å². The molecule has 25 heavy (non-hydrogen) atoms. The highest BCUT2D eigenvalue weighted by Crippen LogP contribution is 2.14. The third-order valence-electron chi connectivity index (χ3n) is 3.35. The standard InChI is InChI=1S/C18H25N3O2S.ClH/c1-13(2)11-23-15-5-3-14(4-6-15)8-10-20-18(22)16-12-24-17(21-16)7-9-19;/h3-6,12-13H,7-11,19H2,1-2H3,(H,20,22);1H. The van der Waals surface area contributed by atoms with Crippen LogP contribution in [-0.2, 0) is 12.8 Å². The van der Waals surface area contributed by atoms with E-state index in [4.69, 9.17) is 10.5 Å². The zero-order chi connectivity index (χ0) is 17.4. The Kier molecular flexibility index (Phi) is 9.49. The topological polar surface area (TPSA) is 77.2 Å². The van der Waals surface area contributed by atoms with Crippen molar-refractivity contribution in [3.8, 4) is 5.75 Å². The molecule has 0 aliphatic carbocycles. The van der Waals surface area contributed by atoms with Gasteiger partial charge < -0.3 is 15.8 Å². The number of hydrogen-bond acceptors (Lipinski definition) is 5. The molecule has 0 radical (unpaired) electrons. The van der Waals surface area contributed by atoms with Crippen LogP contribution in [0.3, 0.4) is 0 Å². The van der Waals surface area contributed by atoms with Crippen LogP contribution >= 0.6 is 23.7 Å². The smallest absolute Gasteiger partial charge is 0.270 e. The fraction of sp³-hybridized carbons (Fsp3) is 0.444. The van der Waals surface area contributed by atoms with Crippen LogP contribution in [0, 0.1) is 5.92 Å². The highest BCUT2D eigenvalue weighted by Gasteiger charge is 2.09. The van der Waals surface area contributed by atoms with Gasteiger partial charge in [-0.3, -0.25) is 4.79 Å². The second-order valence-electron chi connectivity index (χ2n) is 6.02. The molecule has 0 fully saturated rings. The molecule has 0 saturated heterocycles. The molecule has 0 unspecified atom stereocenters. The first kappa shape index (κ1) is 21.4. The molecular formula is C18H26ClN3O2S. The number of ether oxygens (including phenoxy) is 1. The average molecular weight is 384 g/mol. The number of nitrogens with two attached hydrogens (primary N) is 1. The fourth-order valence-electron chi connectivity index (χ4n) is 2.08. The van der Waals surface area contributed by atoms with E-state index in [9.17, 15) is 4.79 Å². The first-order valence-corrected chi connectivity index (χ1v) is 9.11. The van der Waals surface area contributed by atoms with Crippen molar-refractivity contribution in [3.05, 3.63) is 45.9 Å². The summed E-state index contributed by atoms with van der Waals surface area (Å²) in [6.07, 6.45) is 1.49. The lowest BCUT2D eigenvalue weighted by molar-refractivity contribution is 0.0949. The third-order valence-corrected chi connectivity index (χ3v) is 4.26. The highest BCUT2D eigenvalue weighted by atomic mass is 35.5. The van der Waals surface area contributed by atoms with Gasteiger partial charge in [-0.2, -0.15) is 0 Å². The summed E-state index contributed by atoms with van der Waals surface area (Å²) >= 11 is 1.47. The molecule has 0 atom stereocenters. The quantitative estimate of drug-likeness (QED) is 0.697. The normalized spacial score (nSPS) is 10.4. The minimum absolute atomic E-state index is 0. The summed E-state index contributed by atoms with van der Waals surface area (Å²) in [5, 5.41) is 5.58. The van der Waals surface area contributed by atoms with Crippen LogP contribution in [0.4, 0.5) is 0 Å². The maximum Gasteiger partial charge on any atom is 0.270 e. The van der Waals surface area contributed by atoms with Gasteiger partial charge in [-0.1, -0.05) is 26.0 Å². The molecule has 7 heteroatoms. The van der Waals surface area contributed by atoms with Crippen molar-refractivity contribution in [1.29, 1.82) is 0 Å². The van der Waals surface area contributed by atoms with Crippen molar-refractivity contribution in [1.82, 2.24) is 10.3 Å². The third kappa shape index (κ3) is 7.42. The summed E-state index contributed by atoms with van der Waals surface area (Å²) in [5.74, 6) is 1.26. The van der Waals surface area contributed by atoms with Crippen molar-refractivity contribution in [2.45, 2.75) is 26.7 Å². The Morgan fingerprint density at radius 3 is 2.64 bits per heavy atom. The van der Waals surface area contributed by atoms with Crippen LogP contribution in [0.2, 0.25) is 0 Å². The fourth-order valence-corrected chi connectivity index (χ4v) is 2.87. The van der Waals surface area contributed by atoms with Crippen LogP contribution in [0.5, 0.6) is 5.75 Å². The van der Waals surface area contributed by atoms with Gasteiger partial charge in [0.25, 0.3) is 5.91 Å². The zero-order valence-corrected chi connectivity index (χ0v) is 16.3. The van der Waals surface area contributed by atoms with Gasteiger partial charge in [-0.15, -0.1) is 23.7 Å². The lowest BCUT2D eigenvalue weighted by Gasteiger charge is -2.09. The number of amides is 1. The summed E-state index contributed by atoms with van der Waals surface area (Å²) < 4.78 is 5.66. The lowest BCUT2D eigenvalue weighted by atomic mass is 10.1. The number of carbonyl (C=O) groups excluding carboxylic acids is 1. The molecule has 1 amide bonds. The minimum atomic E-state index is -0.133. The first-order valence-electron chi connectivity index (χ1n) is 8.23. The number of nitrogens with one attached hydrogen (secondary N) is 1. The summed E-state index contributed by atoms with van der Waals surface area (Å²) in [7, 11) is 0. The molecule has 0 aliphatic rings. The second-order valence-corrected chi connectivity index (χ2v) is 6.96. The van der Waals surface area contributed by atoms with Crippen molar-refractivity contribution < 1.29 is 9.53 Å². The van der Waals surface area contributed by atoms with E-state index in [0.717, 1.165) is 29.3 Å². The van der Waals surface area contributed by atoms with Crippen molar-refractivity contribution in [2.75, 3.05) is 19.7 Å². The molecular weight excluding hydrogens is 358 g/mol. The maximum absolute atomic E-state index is 12.0. The number of halogens is 1. The predicted octanol–water partition coefficient (Wildman–Crippen LogP) is 3.07. The molecule has 1 aromatic heterocycles. The number of carbonyl (C=O) groups is 1. The molecule has 1 heterocycles.